The van der Waals surface area contributed by atoms with Crippen LogP contribution < -0.4 is 5.32 Å². The molecule has 0 bridgehead atoms. The smallest absolute Gasteiger partial charge is 0.248 e. The maximum atomic E-state index is 13.3. The molecule has 1 saturated heterocycles. The molecule has 3 rings (SSSR count). The lowest BCUT2D eigenvalue weighted by atomic mass is 9.75. The normalized spacial score (nSPS) is 30.4. The van der Waals surface area contributed by atoms with E-state index >= 15 is 0 Å². The Labute approximate surface area is 109 Å². The Bertz CT molecular complexity index is 400. The van der Waals surface area contributed by atoms with Crippen LogP contribution in [0.1, 0.15) is 37.3 Å². The zero-order valence-electron chi connectivity index (χ0n) is 9.99. The third kappa shape index (κ3) is 2.17. The van der Waals surface area contributed by atoms with Crippen molar-refractivity contribution in [3.8, 4) is 0 Å². The fraction of sp³-hybridized carbons (Fsp3) is 0.750. The van der Waals surface area contributed by atoms with Crippen LogP contribution >= 0.6 is 11.5 Å². The highest BCUT2D eigenvalue weighted by Crippen LogP contribution is 2.47. The minimum atomic E-state index is -2.52. The molecule has 1 unspecified atom stereocenters. The minimum Gasteiger partial charge on any atom is -0.372 e. The van der Waals surface area contributed by atoms with Crippen LogP contribution in [0.15, 0.2) is 11.6 Å². The number of alkyl halides is 2. The Balaban J connectivity index is 1.84. The van der Waals surface area contributed by atoms with Crippen molar-refractivity contribution in [1.29, 1.82) is 0 Å². The third-order valence-electron chi connectivity index (χ3n) is 3.98. The van der Waals surface area contributed by atoms with Crippen LogP contribution in [0.4, 0.5) is 8.78 Å². The van der Waals surface area contributed by atoms with Gasteiger partial charge in [0, 0.05) is 36.5 Å². The Morgan fingerprint density at radius 2 is 2.11 bits per heavy atom. The molecule has 1 aliphatic heterocycles. The Morgan fingerprint density at radius 1 is 1.33 bits per heavy atom. The molecule has 3 nitrogen and oxygen atoms in total. The summed E-state index contributed by atoms with van der Waals surface area (Å²) in [5, 5.41) is 5.38. The second kappa shape index (κ2) is 4.51. The van der Waals surface area contributed by atoms with Crippen LogP contribution in [0.25, 0.3) is 0 Å². The summed E-state index contributed by atoms with van der Waals surface area (Å²) >= 11 is 1.39. The summed E-state index contributed by atoms with van der Waals surface area (Å²) in [6.07, 6.45) is 2.47. The third-order valence-corrected chi connectivity index (χ3v) is 4.58. The van der Waals surface area contributed by atoms with Gasteiger partial charge in [0.2, 0.25) is 5.92 Å². The number of ether oxygens (including phenoxy) is 1. The average Bonchev–Trinajstić information content (AvgIpc) is 2.88. The first-order valence-corrected chi connectivity index (χ1v) is 7.09. The van der Waals surface area contributed by atoms with Crippen LogP contribution in [0.2, 0.25) is 0 Å². The molecule has 1 atom stereocenters. The first kappa shape index (κ1) is 12.4. The van der Waals surface area contributed by atoms with E-state index < -0.39 is 11.5 Å². The number of hydrogen-bond donors (Lipinski definition) is 1. The summed E-state index contributed by atoms with van der Waals surface area (Å²) < 4.78 is 36.7. The number of halogens is 2. The topological polar surface area (TPSA) is 34.1 Å². The van der Waals surface area contributed by atoms with E-state index in [2.05, 4.69) is 9.69 Å². The van der Waals surface area contributed by atoms with Gasteiger partial charge in [-0.05, 0) is 24.4 Å². The van der Waals surface area contributed by atoms with Gasteiger partial charge in [-0.3, -0.25) is 0 Å². The fourth-order valence-electron chi connectivity index (χ4n) is 2.98. The molecule has 2 aliphatic rings. The molecule has 0 aromatic carbocycles. The molecule has 1 spiro atoms. The number of aromatic nitrogens is 1. The van der Waals surface area contributed by atoms with Gasteiger partial charge >= 0.3 is 0 Å². The van der Waals surface area contributed by atoms with E-state index in [9.17, 15) is 8.78 Å². The van der Waals surface area contributed by atoms with Crippen molar-refractivity contribution >= 4 is 11.5 Å². The van der Waals surface area contributed by atoms with Gasteiger partial charge in [-0.1, -0.05) is 0 Å². The van der Waals surface area contributed by atoms with Crippen LogP contribution in [-0.2, 0) is 4.74 Å². The predicted octanol–water partition coefficient (Wildman–Crippen LogP) is 2.75. The van der Waals surface area contributed by atoms with Crippen LogP contribution in [-0.4, -0.2) is 29.0 Å². The first-order chi connectivity index (χ1) is 8.61. The summed E-state index contributed by atoms with van der Waals surface area (Å²) in [6, 6.07) is 0.00102. The van der Waals surface area contributed by atoms with Gasteiger partial charge in [-0.15, -0.1) is 0 Å². The average molecular weight is 274 g/mol. The molecule has 0 amide bonds. The number of morpholine rings is 1. The van der Waals surface area contributed by atoms with Gasteiger partial charge in [0.15, 0.2) is 0 Å². The van der Waals surface area contributed by atoms with Crippen molar-refractivity contribution < 1.29 is 13.5 Å². The second-order valence-corrected chi connectivity index (χ2v) is 5.77. The summed E-state index contributed by atoms with van der Waals surface area (Å²) in [4.78, 5) is 0. The second-order valence-electron chi connectivity index (χ2n) is 5.11. The van der Waals surface area contributed by atoms with Crippen molar-refractivity contribution in [2.45, 2.75) is 43.2 Å². The Morgan fingerprint density at radius 3 is 2.78 bits per heavy atom. The zero-order chi connectivity index (χ0) is 12.6. The first-order valence-electron chi connectivity index (χ1n) is 6.26. The van der Waals surface area contributed by atoms with E-state index in [1.165, 1.54) is 11.5 Å². The maximum Gasteiger partial charge on any atom is 0.248 e. The highest BCUT2D eigenvalue weighted by atomic mass is 32.1. The van der Waals surface area contributed by atoms with Crippen LogP contribution in [0.5, 0.6) is 0 Å². The molecular weight excluding hydrogens is 258 g/mol. The lowest BCUT2D eigenvalue weighted by Crippen LogP contribution is -2.55. The molecule has 2 fully saturated rings. The molecular formula is C12H16F2N2OS. The Kier molecular flexibility index (Phi) is 3.11. The quantitative estimate of drug-likeness (QED) is 0.855. The number of nitrogens with one attached hydrogen (secondary N) is 1. The molecule has 1 saturated carbocycles. The summed E-state index contributed by atoms with van der Waals surface area (Å²) in [6.45, 7) is 1.36. The van der Waals surface area contributed by atoms with Crippen molar-refractivity contribution in [3.05, 3.63) is 17.1 Å². The summed E-state index contributed by atoms with van der Waals surface area (Å²) in [5.41, 5.74) is 0.591. The van der Waals surface area contributed by atoms with Gasteiger partial charge in [-0.25, -0.2) is 13.2 Å². The number of nitrogens with zero attached hydrogens (tertiary/aromatic N) is 1. The van der Waals surface area contributed by atoms with E-state index in [1.807, 2.05) is 11.6 Å². The lowest BCUT2D eigenvalue weighted by Gasteiger charge is -2.48. The van der Waals surface area contributed by atoms with Crippen LogP contribution in [0, 0.1) is 0 Å². The van der Waals surface area contributed by atoms with E-state index in [1.54, 1.807) is 0 Å². The molecule has 6 heteroatoms. The highest BCUT2D eigenvalue weighted by Gasteiger charge is 2.50. The van der Waals surface area contributed by atoms with E-state index in [-0.39, 0.29) is 18.9 Å². The molecule has 2 heterocycles. The zero-order valence-corrected chi connectivity index (χ0v) is 10.8. The highest BCUT2D eigenvalue weighted by molar-refractivity contribution is 7.03. The molecule has 1 aliphatic carbocycles. The van der Waals surface area contributed by atoms with E-state index in [0.717, 1.165) is 12.1 Å². The number of rotatable bonds is 1. The van der Waals surface area contributed by atoms with Gasteiger partial charge in [0.1, 0.15) is 0 Å². The lowest BCUT2D eigenvalue weighted by molar-refractivity contribution is -0.162. The van der Waals surface area contributed by atoms with Gasteiger partial charge in [-0.2, -0.15) is 0 Å². The number of hydrogen-bond acceptors (Lipinski definition) is 4. The van der Waals surface area contributed by atoms with Crippen LogP contribution in [0.3, 0.4) is 0 Å². The maximum absolute atomic E-state index is 13.3. The molecule has 1 N–H and O–H groups in total. The van der Waals surface area contributed by atoms with Crippen molar-refractivity contribution in [1.82, 2.24) is 9.69 Å². The summed E-state index contributed by atoms with van der Waals surface area (Å²) in [7, 11) is 0. The molecule has 0 radical (unpaired) electrons. The Hall–Kier alpha value is -0.590. The minimum absolute atomic E-state index is 0.00102. The van der Waals surface area contributed by atoms with Gasteiger partial charge in [0.05, 0.1) is 18.2 Å². The molecule has 18 heavy (non-hydrogen) atoms. The predicted molar refractivity (Wildman–Crippen MR) is 65.0 cm³/mol. The largest absolute Gasteiger partial charge is 0.372 e. The van der Waals surface area contributed by atoms with Crippen molar-refractivity contribution in [2.24, 2.45) is 0 Å². The molecule has 1 aromatic rings. The molecule has 100 valence electrons. The van der Waals surface area contributed by atoms with E-state index in [4.69, 9.17) is 4.74 Å². The monoisotopic (exact) mass is 274 g/mol. The van der Waals surface area contributed by atoms with Crippen molar-refractivity contribution in [3.63, 3.8) is 0 Å². The molecule has 1 aromatic heterocycles. The fourth-order valence-corrected chi connectivity index (χ4v) is 3.54. The van der Waals surface area contributed by atoms with Gasteiger partial charge in [0.25, 0.3) is 0 Å². The standard InChI is InChI=1S/C12H16F2N2OS/c13-12(14)3-1-11(2-4-12)10(15-5-6-17-11)9-7-16-18-8-9/h7-8,10,15H,1-6H2. The van der Waals surface area contributed by atoms with E-state index in [0.29, 0.717) is 19.4 Å². The SMILES string of the molecule is FC1(F)CCC2(CC1)OCCNC2c1cnsc1. The van der Waals surface area contributed by atoms with Gasteiger partial charge < -0.3 is 10.1 Å². The summed E-state index contributed by atoms with van der Waals surface area (Å²) in [5.74, 6) is -2.52. The van der Waals surface area contributed by atoms with Crippen molar-refractivity contribution in [2.75, 3.05) is 13.2 Å².